The molecule has 198 valence electrons. The summed E-state index contributed by atoms with van der Waals surface area (Å²) in [6.07, 6.45) is 9.96. The molecule has 8 nitrogen and oxygen atoms in total. The molecule has 0 radical (unpaired) electrons. The van der Waals surface area contributed by atoms with Gasteiger partial charge in [0.2, 0.25) is 0 Å². The summed E-state index contributed by atoms with van der Waals surface area (Å²) in [7, 11) is 0. The summed E-state index contributed by atoms with van der Waals surface area (Å²) in [4.78, 5) is 36.9. The highest BCUT2D eigenvalue weighted by molar-refractivity contribution is 5.90. The van der Waals surface area contributed by atoms with Crippen molar-refractivity contribution in [2.75, 3.05) is 19.8 Å². The van der Waals surface area contributed by atoms with Gasteiger partial charge in [-0.15, -0.1) is 0 Å². The van der Waals surface area contributed by atoms with Crippen LogP contribution in [0.5, 0.6) is 0 Å². The van der Waals surface area contributed by atoms with Crippen LogP contribution in [-0.2, 0) is 28.6 Å². The van der Waals surface area contributed by atoms with Crippen LogP contribution in [0.4, 0.5) is 0 Å². The highest BCUT2D eigenvalue weighted by Gasteiger charge is 2.43. The van der Waals surface area contributed by atoms with Gasteiger partial charge in [0.25, 0.3) is 0 Å². The van der Waals surface area contributed by atoms with Gasteiger partial charge in [0.15, 0.2) is 5.60 Å². The number of nitriles is 1. The summed E-state index contributed by atoms with van der Waals surface area (Å²) in [6, 6.07) is 1.75. The van der Waals surface area contributed by atoms with E-state index in [1.54, 1.807) is 6.07 Å². The van der Waals surface area contributed by atoms with E-state index in [0.717, 1.165) is 70.6 Å². The summed E-state index contributed by atoms with van der Waals surface area (Å²) in [6.45, 7) is 8.27. The van der Waals surface area contributed by atoms with Gasteiger partial charge in [-0.3, -0.25) is 9.59 Å². The van der Waals surface area contributed by atoms with E-state index >= 15 is 0 Å². The molecule has 0 aromatic heterocycles. The third kappa shape index (κ3) is 20.5. The van der Waals surface area contributed by atoms with Crippen LogP contribution in [0.3, 0.4) is 0 Å². The van der Waals surface area contributed by atoms with Gasteiger partial charge in [-0.05, 0) is 19.3 Å². The molecule has 34 heavy (non-hydrogen) atoms. The molecule has 0 aliphatic rings. The fraction of sp³-hybridized carbons (Fsp3) is 0.846. The third-order valence-electron chi connectivity index (χ3n) is 5.01. The lowest BCUT2D eigenvalue weighted by Crippen LogP contribution is -2.45. The van der Waals surface area contributed by atoms with Gasteiger partial charge >= 0.3 is 17.9 Å². The first-order valence-electron chi connectivity index (χ1n) is 12.8. The Morgan fingerprint density at radius 2 is 1.00 bits per heavy atom. The number of carbonyl (C=O) groups excluding carboxylic acids is 3. The number of ether oxygens (including phenoxy) is 3. The Kier molecular flexibility index (Phi) is 24.0. The molecule has 0 amide bonds. The number of aliphatic hydroxyl groups is 1. The van der Waals surface area contributed by atoms with E-state index in [9.17, 15) is 19.5 Å². The second kappa shape index (κ2) is 24.0. The molecule has 0 bridgehead atoms. The summed E-state index contributed by atoms with van der Waals surface area (Å²) in [5.41, 5.74) is -2.27. The van der Waals surface area contributed by atoms with E-state index in [2.05, 4.69) is 20.8 Å². The van der Waals surface area contributed by atoms with Gasteiger partial charge < -0.3 is 19.3 Å². The Hall–Kier alpha value is -2.14. The maximum atomic E-state index is 12.5. The largest absolute Gasteiger partial charge is 0.466 e. The Bertz CT molecular complexity index is 544. The maximum Gasteiger partial charge on any atom is 0.339 e. The van der Waals surface area contributed by atoms with E-state index in [1.807, 2.05) is 0 Å². The van der Waals surface area contributed by atoms with Crippen molar-refractivity contribution >= 4 is 17.9 Å². The Balaban J connectivity index is 0. The molecule has 0 unspecified atom stereocenters. The fourth-order valence-electron chi connectivity index (χ4n) is 3.04. The summed E-state index contributed by atoms with van der Waals surface area (Å²) >= 11 is 0. The van der Waals surface area contributed by atoms with Crippen molar-refractivity contribution in [3.8, 4) is 6.07 Å². The van der Waals surface area contributed by atoms with E-state index in [4.69, 9.17) is 19.5 Å². The third-order valence-corrected chi connectivity index (χ3v) is 5.01. The highest BCUT2D eigenvalue weighted by Crippen LogP contribution is 2.20. The first kappa shape index (κ1) is 34.0. The number of unbranched alkanes of at least 4 members (excludes halogenated alkanes) is 9. The quantitative estimate of drug-likeness (QED) is 0.138. The first-order chi connectivity index (χ1) is 16.3. The predicted octanol–water partition coefficient (Wildman–Crippen LogP) is 5.40. The second-order valence-electron chi connectivity index (χ2n) is 8.37. The van der Waals surface area contributed by atoms with Crippen LogP contribution in [0.15, 0.2) is 0 Å². The lowest BCUT2D eigenvalue weighted by atomic mass is 9.95. The monoisotopic (exact) mass is 485 g/mol. The SMILES string of the molecule is CC#N.CCCCCCOC(=O)CC(O)(CC(=O)OCCCCCC)C(=O)OCCCCCC. The number of nitrogens with zero attached hydrogens (tertiary/aromatic N) is 1. The van der Waals surface area contributed by atoms with Crippen molar-refractivity contribution in [1.82, 2.24) is 0 Å². The van der Waals surface area contributed by atoms with Crippen LogP contribution in [0, 0.1) is 11.3 Å². The van der Waals surface area contributed by atoms with E-state index in [-0.39, 0.29) is 19.8 Å². The topological polar surface area (TPSA) is 123 Å². The van der Waals surface area contributed by atoms with Gasteiger partial charge in [0.1, 0.15) is 0 Å². The average Bonchev–Trinajstić information content (AvgIpc) is 2.79. The molecule has 0 fully saturated rings. The predicted molar refractivity (Wildman–Crippen MR) is 131 cm³/mol. The number of rotatable bonds is 20. The highest BCUT2D eigenvalue weighted by atomic mass is 16.6. The maximum absolute atomic E-state index is 12.5. The van der Waals surface area contributed by atoms with Crippen molar-refractivity contribution in [3.05, 3.63) is 0 Å². The van der Waals surface area contributed by atoms with Crippen molar-refractivity contribution in [2.45, 2.75) is 123 Å². The molecule has 0 saturated heterocycles. The molecule has 0 aromatic rings. The zero-order valence-corrected chi connectivity index (χ0v) is 21.9. The number of hydrogen-bond acceptors (Lipinski definition) is 8. The molecule has 0 aromatic carbocycles. The van der Waals surface area contributed by atoms with Gasteiger partial charge in [0.05, 0.1) is 38.7 Å². The molecule has 0 atom stereocenters. The summed E-state index contributed by atoms with van der Waals surface area (Å²) in [5, 5.41) is 18.1. The van der Waals surface area contributed by atoms with Crippen LogP contribution in [0.25, 0.3) is 0 Å². The number of carbonyl (C=O) groups is 3. The molecule has 0 aliphatic heterocycles. The lowest BCUT2D eigenvalue weighted by molar-refractivity contribution is -0.178. The van der Waals surface area contributed by atoms with Crippen molar-refractivity contribution in [2.24, 2.45) is 0 Å². The van der Waals surface area contributed by atoms with E-state index < -0.39 is 36.4 Å². The molecule has 0 heterocycles. The standard InChI is InChI=1S/C24H44O7.C2H3N/c1-4-7-10-13-16-29-21(25)19-24(28,23(27)31-18-15-12-9-6-3)20-22(26)30-17-14-11-8-5-2;1-2-3/h28H,4-20H2,1-3H3;1H3. The second-order valence-corrected chi connectivity index (χ2v) is 8.37. The average molecular weight is 486 g/mol. The van der Waals surface area contributed by atoms with Gasteiger partial charge in [0, 0.05) is 6.92 Å². The molecular formula is C26H47NO7. The minimum atomic E-state index is -2.27. The summed E-state index contributed by atoms with van der Waals surface area (Å²) < 4.78 is 15.4. The minimum Gasteiger partial charge on any atom is -0.466 e. The molecule has 0 spiro atoms. The smallest absolute Gasteiger partial charge is 0.339 e. The van der Waals surface area contributed by atoms with Crippen molar-refractivity contribution in [1.29, 1.82) is 5.26 Å². The van der Waals surface area contributed by atoms with Crippen LogP contribution in [0.1, 0.15) is 118 Å². The Morgan fingerprint density at radius 3 is 1.32 bits per heavy atom. The summed E-state index contributed by atoms with van der Waals surface area (Å²) in [5.74, 6) is -2.43. The molecule has 8 heteroatoms. The zero-order chi connectivity index (χ0) is 26.1. The molecule has 0 aliphatic carbocycles. The normalized spacial score (nSPS) is 10.5. The van der Waals surface area contributed by atoms with E-state index in [1.165, 1.54) is 6.92 Å². The van der Waals surface area contributed by atoms with E-state index in [0.29, 0.717) is 6.42 Å². The zero-order valence-electron chi connectivity index (χ0n) is 21.9. The van der Waals surface area contributed by atoms with Crippen LogP contribution in [0.2, 0.25) is 0 Å². The molecule has 0 saturated carbocycles. The lowest BCUT2D eigenvalue weighted by Gasteiger charge is -2.24. The first-order valence-corrected chi connectivity index (χ1v) is 12.8. The fourth-order valence-corrected chi connectivity index (χ4v) is 3.04. The van der Waals surface area contributed by atoms with Crippen LogP contribution < -0.4 is 0 Å². The van der Waals surface area contributed by atoms with Gasteiger partial charge in [-0.1, -0.05) is 78.6 Å². The Labute approximate surface area is 206 Å². The minimum absolute atomic E-state index is 0.138. The number of hydrogen-bond donors (Lipinski definition) is 1. The van der Waals surface area contributed by atoms with Gasteiger partial charge in [-0.2, -0.15) is 5.26 Å². The van der Waals surface area contributed by atoms with Crippen molar-refractivity contribution < 1.29 is 33.7 Å². The van der Waals surface area contributed by atoms with Gasteiger partial charge in [-0.25, -0.2) is 4.79 Å². The molecule has 0 rings (SSSR count). The van der Waals surface area contributed by atoms with Crippen molar-refractivity contribution in [3.63, 3.8) is 0 Å². The Morgan fingerprint density at radius 1 is 0.676 bits per heavy atom. The molecular weight excluding hydrogens is 438 g/mol. The molecule has 1 N–H and O–H groups in total. The number of esters is 3. The van der Waals surface area contributed by atoms with Crippen LogP contribution >= 0.6 is 0 Å². The van der Waals surface area contributed by atoms with Crippen LogP contribution in [-0.4, -0.2) is 48.4 Å².